The molecule has 1 aromatic heterocycles. The van der Waals surface area contributed by atoms with Crippen LogP contribution in [0.4, 0.5) is 13.2 Å². The Morgan fingerprint density at radius 2 is 1.71 bits per heavy atom. The third-order valence-corrected chi connectivity index (χ3v) is 5.14. The summed E-state index contributed by atoms with van der Waals surface area (Å²) >= 11 is 0. The molecule has 2 aliphatic heterocycles. The number of aliphatic carboxylic acids is 1. The minimum Gasteiger partial charge on any atom is -0.497 e. The third-order valence-electron chi connectivity index (χ3n) is 5.14. The lowest BCUT2D eigenvalue weighted by molar-refractivity contribution is -0.192. The highest BCUT2D eigenvalue weighted by Gasteiger charge is 2.47. The summed E-state index contributed by atoms with van der Waals surface area (Å²) in [5, 5.41) is 7.12. The molecule has 5 rings (SSSR count). The zero-order valence-electron chi connectivity index (χ0n) is 17.5. The van der Waals surface area contributed by atoms with Gasteiger partial charge in [0.05, 0.1) is 7.11 Å². The van der Waals surface area contributed by atoms with Gasteiger partial charge in [0.15, 0.2) is 5.54 Å². The van der Waals surface area contributed by atoms with Gasteiger partial charge in [-0.25, -0.2) is 19.8 Å². The highest BCUT2D eigenvalue weighted by atomic mass is 19.4. The Morgan fingerprint density at radius 3 is 2.26 bits per heavy atom. The number of halogens is 3. The van der Waals surface area contributed by atoms with Gasteiger partial charge in [-0.15, -0.1) is 0 Å². The van der Waals surface area contributed by atoms with Crippen molar-refractivity contribution >= 4 is 12.0 Å². The van der Waals surface area contributed by atoms with Crippen molar-refractivity contribution < 1.29 is 37.3 Å². The van der Waals surface area contributed by atoms with E-state index in [9.17, 15) is 13.2 Å². The van der Waals surface area contributed by atoms with Gasteiger partial charge in [0, 0.05) is 29.1 Å². The van der Waals surface area contributed by atoms with E-state index >= 15 is 0 Å². The molecule has 1 spiro atoms. The van der Waals surface area contributed by atoms with Crippen LogP contribution in [0.2, 0.25) is 0 Å². The van der Waals surface area contributed by atoms with Crippen molar-refractivity contribution in [1.29, 1.82) is 0 Å². The summed E-state index contributed by atoms with van der Waals surface area (Å²) in [5.41, 5.74) is 8.73. The fraction of sp³-hybridized carbons (Fsp3) is 0.182. The molecular formula is C22H17F3N4O5. The molecule has 0 radical (unpaired) electrons. The number of hydrogen-bond donors (Lipinski definition) is 2. The van der Waals surface area contributed by atoms with Crippen LogP contribution in [0.3, 0.4) is 0 Å². The van der Waals surface area contributed by atoms with E-state index in [1.165, 1.54) is 6.33 Å². The number of carbonyl (C=O) groups is 1. The number of alkyl halides is 3. The van der Waals surface area contributed by atoms with Crippen molar-refractivity contribution in [3.05, 3.63) is 66.2 Å². The van der Waals surface area contributed by atoms with Gasteiger partial charge in [0.1, 0.15) is 30.2 Å². The van der Waals surface area contributed by atoms with Crippen molar-refractivity contribution in [2.75, 3.05) is 13.7 Å². The van der Waals surface area contributed by atoms with E-state index in [1.54, 1.807) is 19.5 Å². The van der Waals surface area contributed by atoms with Crippen LogP contribution in [0.5, 0.6) is 17.2 Å². The normalized spacial score (nSPS) is 17.8. The number of methoxy groups -OCH3 is 1. The lowest BCUT2D eigenvalue weighted by Gasteiger charge is -2.33. The molecule has 0 bridgehead atoms. The van der Waals surface area contributed by atoms with E-state index in [0.717, 1.165) is 28.0 Å². The highest BCUT2D eigenvalue weighted by Crippen LogP contribution is 2.52. The van der Waals surface area contributed by atoms with Crippen LogP contribution in [0.15, 0.2) is 60.1 Å². The maximum atomic E-state index is 10.6. The number of benzene rings is 2. The molecular weight excluding hydrogens is 457 g/mol. The summed E-state index contributed by atoms with van der Waals surface area (Å²) in [5.74, 6) is -0.613. The monoisotopic (exact) mass is 474 g/mol. The van der Waals surface area contributed by atoms with Crippen molar-refractivity contribution in [2.45, 2.75) is 11.7 Å². The molecule has 3 aromatic rings. The predicted octanol–water partition coefficient (Wildman–Crippen LogP) is 3.48. The Kier molecular flexibility index (Phi) is 5.73. The highest BCUT2D eigenvalue weighted by molar-refractivity contribution is 5.78. The average Bonchev–Trinajstić information content (AvgIpc) is 3.21. The van der Waals surface area contributed by atoms with Gasteiger partial charge in [-0.05, 0) is 35.9 Å². The Morgan fingerprint density at radius 1 is 1.09 bits per heavy atom. The topological polar surface area (TPSA) is 129 Å². The molecule has 3 heterocycles. The standard InChI is InChI=1S/C20H16N4O3.C2HF3O2/c1-25-14-3-5-18-16(7-14)20(10-26-19(21)24-20)15-6-12(2-4-17(15)27-18)13-8-22-11-23-9-13;3-2(4,5)1(6)7/h2-9,11H,10H2,1H3,(H2,21,24);(H,6,7). The zero-order valence-corrected chi connectivity index (χ0v) is 17.5. The average molecular weight is 474 g/mol. The van der Waals surface area contributed by atoms with Crippen LogP contribution in [0.25, 0.3) is 11.1 Å². The molecule has 1 unspecified atom stereocenters. The van der Waals surface area contributed by atoms with Crippen LogP contribution >= 0.6 is 0 Å². The van der Waals surface area contributed by atoms with E-state index in [1.807, 2.05) is 36.4 Å². The number of carboxylic acid groups (broad SMARTS) is 1. The zero-order chi connectivity index (χ0) is 24.5. The quantitative estimate of drug-likeness (QED) is 0.578. The molecule has 0 amide bonds. The first kappa shape index (κ1) is 22.8. The van der Waals surface area contributed by atoms with E-state index in [-0.39, 0.29) is 6.02 Å². The smallest absolute Gasteiger partial charge is 0.490 e. The predicted molar refractivity (Wildman–Crippen MR) is 113 cm³/mol. The molecule has 0 saturated carbocycles. The first-order valence-electron chi connectivity index (χ1n) is 9.68. The summed E-state index contributed by atoms with van der Waals surface area (Å²) in [6, 6.07) is 11.7. The minimum absolute atomic E-state index is 0.157. The molecule has 0 aliphatic carbocycles. The Bertz CT molecular complexity index is 1270. The van der Waals surface area contributed by atoms with Gasteiger partial charge in [0.25, 0.3) is 6.02 Å². The lowest BCUT2D eigenvalue weighted by Crippen LogP contribution is -2.31. The van der Waals surface area contributed by atoms with Gasteiger partial charge >= 0.3 is 12.1 Å². The van der Waals surface area contributed by atoms with Crippen LogP contribution in [0.1, 0.15) is 11.1 Å². The summed E-state index contributed by atoms with van der Waals surface area (Å²) < 4.78 is 48.9. The first-order chi connectivity index (χ1) is 16.1. The summed E-state index contributed by atoms with van der Waals surface area (Å²) in [6.07, 6.45) is -0.0412. The number of hydrogen-bond acceptors (Lipinski definition) is 8. The van der Waals surface area contributed by atoms with Crippen LogP contribution in [0, 0.1) is 0 Å². The van der Waals surface area contributed by atoms with E-state index in [2.05, 4.69) is 15.0 Å². The molecule has 2 aliphatic rings. The molecule has 1 atom stereocenters. The number of amidine groups is 1. The van der Waals surface area contributed by atoms with E-state index in [4.69, 9.17) is 29.8 Å². The Labute approximate surface area is 190 Å². The van der Waals surface area contributed by atoms with E-state index < -0.39 is 17.7 Å². The number of carboxylic acids is 1. The largest absolute Gasteiger partial charge is 0.497 e. The van der Waals surface area contributed by atoms with Gasteiger partial charge in [0.2, 0.25) is 0 Å². The van der Waals surface area contributed by atoms with Crippen molar-refractivity contribution in [3.8, 4) is 28.4 Å². The summed E-state index contributed by atoms with van der Waals surface area (Å²) in [6.45, 7) is 0.296. The molecule has 9 nitrogen and oxygen atoms in total. The van der Waals surface area contributed by atoms with Crippen LogP contribution in [-0.2, 0) is 15.1 Å². The second kappa shape index (κ2) is 8.54. The summed E-state index contributed by atoms with van der Waals surface area (Å²) in [4.78, 5) is 21.8. The molecule has 2 aromatic carbocycles. The molecule has 34 heavy (non-hydrogen) atoms. The fourth-order valence-corrected chi connectivity index (χ4v) is 3.59. The molecule has 12 heteroatoms. The van der Waals surface area contributed by atoms with Gasteiger partial charge in [-0.1, -0.05) is 6.07 Å². The van der Waals surface area contributed by atoms with E-state index in [0.29, 0.717) is 18.1 Å². The number of aromatic nitrogens is 2. The minimum atomic E-state index is -5.08. The maximum absolute atomic E-state index is 10.6. The lowest BCUT2D eigenvalue weighted by atomic mass is 9.80. The SMILES string of the molecule is COc1ccc2c(c1)C1(COC(N)=N1)c1cc(-c3cncnc3)ccc1O2.O=C(O)C(F)(F)F. The van der Waals surface area contributed by atoms with Gasteiger partial charge in [-0.2, -0.15) is 13.2 Å². The number of fused-ring (bicyclic) bond motifs is 4. The van der Waals surface area contributed by atoms with Crippen LogP contribution < -0.4 is 15.2 Å². The van der Waals surface area contributed by atoms with Crippen molar-refractivity contribution in [3.63, 3.8) is 0 Å². The second-order valence-electron chi connectivity index (χ2n) is 7.20. The summed E-state index contributed by atoms with van der Waals surface area (Å²) in [7, 11) is 1.63. The van der Waals surface area contributed by atoms with Crippen LogP contribution in [-0.4, -0.2) is 47.0 Å². The number of ether oxygens (including phenoxy) is 3. The second-order valence-corrected chi connectivity index (χ2v) is 7.20. The Balaban J connectivity index is 0.000000344. The molecule has 0 saturated heterocycles. The van der Waals surface area contributed by atoms with Gasteiger partial charge in [-0.3, -0.25) is 0 Å². The maximum Gasteiger partial charge on any atom is 0.490 e. The van der Waals surface area contributed by atoms with Crippen molar-refractivity contribution in [2.24, 2.45) is 10.7 Å². The fourth-order valence-electron chi connectivity index (χ4n) is 3.59. The third kappa shape index (κ3) is 4.17. The van der Waals surface area contributed by atoms with Gasteiger partial charge < -0.3 is 25.1 Å². The number of rotatable bonds is 2. The molecule has 3 N–H and O–H groups in total. The molecule has 176 valence electrons. The first-order valence-corrected chi connectivity index (χ1v) is 9.68. The number of nitrogens with zero attached hydrogens (tertiary/aromatic N) is 3. The molecule has 0 fully saturated rings. The number of aliphatic imine (C=N–C) groups is 1. The van der Waals surface area contributed by atoms with Crippen molar-refractivity contribution in [1.82, 2.24) is 9.97 Å². The number of nitrogens with two attached hydrogens (primary N) is 1. The Hall–Kier alpha value is -4.35.